The highest BCUT2D eigenvalue weighted by molar-refractivity contribution is 8.22. The van der Waals surface area contributed by atoms with Gasteiger partial charge in [-0.1, -0.05) is 30.9 Å². The number of nitrogens with one attached hydrogen (secondary N) is 1. The first kappa shape index (κ1) is 10.2. The summed E-state index contributed by atoms with van der Waals surface area (Å²) in [7, 11) is 0. The van der Waals surface area contributed by atoms with E-state index in [-0.39, 0.29) is 0 Å². The number of hydrogen-bond acceptors (Lipinski definition) is 2. The molecule has 1 nitrogen and oxygen atoms in total. The van der Waals surface area contributed by atoms with Crippen molar-refractivity contribution in [1.29, 1.82) is 0 Å². The molecule has 0 aromatic carbocycles. The largest absolute Gasteiger partial charge is 0.369 e. The van der Waals surface area contributed by atoms with Gasteiger partial charge in [-0.25, -0.2) is 0 Å². The van der Waals surface area contributed by atoms with E-state index < -0.39 is 0 Å². The molecule has 0 fully saturated rings. The fourth-order valence-electron chi connectivity index (χ4n) is 0.472. The third-order valence-electron chi connectivity index (χ3n) is 0.844. The fraction of sp³-hybridized carbons (Fsp3) is 0.857. The van der Waals surface area contributed by atoms with Gasteiger partial charge in [-0.2, -0.15) is 0 Å². The van der Waals surface area contributed by atoms with Gasteiger partial charge in [-0.15, -0.1) is 0 Å². The minimum atomic E-state index is 0.469. The van der Waals surface area contributed by atoms with Crippen LogP contribution in [0.5, 0.6) is 0 Å². The molecule has 0 aliphatic rings. The second-order valence-electron chi connectivity index (χ2n) is 2.43. The molecule has 0 rings (SSSR count). The molecule has 0 saturated carbocycles. The van der Waals surface area contributed by atoms with Gasteiger partial charge >= 0.3 is 0 Å². The summed E-state index contributed by atoms with van der Waals surface area (Å²) < 4.78 is 0.928. The van der Waals surface area contributed by atoms with Gasteiger partial charge in [0, 0.05) is 6.04 Å². The fourth-order valence-corrected chi connectivity index (χ4v) is 1.67. The lowest BCUT2D eigenvalue weighted by molar-refractivity contribution is 0.746. The molecule has 0 aromatic rings. The summed E-state index contributed by atoms with van der Waals surface area (Å²) in [5, 5.41) is 3.17. The van der Waals surface area contributed by atoms with E-state index in [1.54, 1.807) is 11.8 Å². The highest BCUT2D eigenvalue weighted by Crippen LogP contribution is 2.03. The predicted octanol–water partition coefficient (Wildman–Crippen LogP) is 2.41. The second kappa shape index (κ2) is 5.98. The first-order valence-electron chi connectivity index (χ1n) is 3.60. The van der Waals surface area contributed by atoms with Crippen molar-refractivity contribution < 1.29 is 0 Å². The van der Waals surface area contributed by atoms with Crippen LogP contribution in [0.3, 0.4) is 0 Å². The molecular formula is C7H15NS2. The Hall–Kier alpha value is 0.240. The minimum Gasteiger partial charge on any atom is -0.369 e. The molecule has 10 heavy (non-hydrogen) atoms. The Labute approximate surface area is 73.0 Å². The zero-order valence-corrected chi connectivity index (χ0v) is 8.44. The molecule has 0 atom stereocenters. The Kier molecular flexibility index (Phi) is 6.13. The van der Waals surface area contributed by atoms with E-state index in [9.17, 15) is 0 Å². The van der Waals surface area contributed by atoms with E-state index in [1.165, 1.54) is 6.42 Å². The Balaban J connectivity index is 3.26. The van der Waals surface area contributed by atoms with Crippen molar-refractivity contribution in [3.63, 3.8) is 0 Å². The molecule has 0 unspecified atom stereocenters. The normalized spacial score (nSPS) is 10.0. The number of hydrogen-bond donors (Lipinski definition) is 1. The molecule has 60 valence electrons. The Morgan fingerprint density at radius 2 is 2.20 bits per heavy atom. The smallest absolute Gasteiger partial charge is 0.133 e. The van der Waals surface area contributed by atoms with Crippen molar-refractivity contribution >= 4 is 28.3 Å². The molecule has 0 aromatic heterocycles. The monoisotopic (exact) mass is 177 g/mol. The maximum Gasteiger partial charge on any atom is 0.133 e. The summed E-state index contributed by atoms with van der Waals surface area (Å²) >= 11 is 6.77. The molecular weight excluding hydrogens is 162 g/mol. The zero-order valence-electron chi connectivity index (χ0n) is 6.81. The van der Waals surface area contributed by atoms with E-state index in [0.717, 1.165) is 10.1 Å². The predicted molar refractivity (Wildman–Crippen MR) is 53.6 cm³/mol. The van der Waals surface area contributed by atoms with Crippen LogP contribution in [-0.4, -0.2) is 16.1 Å². The highest BCUT2D eigenvalue weighted by Gasteiger charge is 1.96. The van der Waals surface area contributed by atoms with Crippen LogP contribution < -0.4 is 5.32 Å². The summed E-state index contributed by atoms with van der Waals surface area (Å²) in [6.45, 7) is 6.35. The van der Waals surface area contributed by atoms with Crippen molar-refractivity contribution in [3.05, 3.63) is 0 Å². The van der Waals surface area contributed by atoms with Gasteiger partial charge in [0.2, 0.25) is 0 Å². The van der Waals surface area contributed by atoms with Crippen molar-refractivity contribution in [2.24, 2.45) is 0 Å². The average Bonchev–Trinajstić information content (AvgIpc) is 1.82. The second-order valence-corrected chi connectivity index (χ2v) is 4.21. The Bertz CT molecular complexity index is 102. The molecule has 0 amide bonds. The van der Waals surface area contributed by atoms with Crippen molar-refractivity contribution in [3.8, 4) is 0 Å². The molecule has 0 heterocycles. The molecule has 0 saturated heterocycles. The summed E-state index contributed by atoms with van der Waals surface area (Å²) in [6.07, 6.45) is 1.19. The van der Waals surface area contributed by atoms with Gasteiger partial charge in [-0.05, 0) is 26.0 Å². The SMILES string of the molecule is CCCSC(=S)NC(C)C. The van der Waals surface area contributed by atoms with Crippen LogP contribution in [0.1, 0.15) is 27.2 Å². The number of thioether (sulfide) groups is 1. The Morgan fingerprint density at radius 3 is 2.60 bits per heavy atom. The van der Waals surface area contributed by atoms with Crippen molar-refractivity contribution in [2.45, 2.75) is 33.2 Å². The zero-order chi connectivity index (χ0) is 7.98. The van der Waals surface area contributed by atoms with Crippen molar-refractivity contribution in [1.82, 2.24) is 5.32 Å². The quantitative estimate of drug-likeness (QED) is 0.665. The van der Waals surface area contributed by atoms with E-state index in [2.05, 4.69) is 26.1 Å². The van der Waals surface area contributed by atoms with Crippen LogP contribution in [0.15, 0.2) is 0 Å². The van der Waals surface area contributed by atoms with E-state index in [0.29, 0.717) is 6.04 Å². The first-order chi connectivity index (χ1) is 4.66. The summed E-state index contributed by atoms with van der Waals surface area (Å²) in [4.78, 5) is 0. The molecule has 0 aliphatic heterocycles. The summed E-state index contributed by atoms with van der Waals surface area (Å²) in [6, 6.07) is 0.469. The number of thiocarbonyl (C=S) groups is 1. The molecule has 0 spiro atoms. The van der Waals surface area contributed by atoms with Gasteiger partial charge in [0.05, 0.1) is 0 Å². The first-order valence-corrected chi connectivity index (χ1v) is 4.99. The maximum absolute atomic E-state index is 5.05. The maximum atomic E-state index is 5.05. The lowest BCUT2D eigenvalue weighted by Crippen LogP contribution is -2.26. The average molecular weight is 177 g/mol. The van der Waals surface area contributed by atoms with E-state index in [1.807, 2.05) is 0 Å². The van der Waals surface area contributed by atoms with Crippen LogP contribution in [0.2, 0.25) is 0 Å². The Morgan fingerprint density at radius 1 is 1.60 bits per heavy atom. The number of rotatable bonds is 3. The lowest BCUT2D eigenvalue weighted by atomic mass is 10.4. The van der Waals surface area contributed by atoms with Gasteiger partial charge < -0.3 is 5.32 Å². The van der Waals surface area contributed by atoms with Crippen molar-refractivity contribution in [2.75, 3.05) is 5.75 Å². The molecule has 1 N–H and O–H groups in total. The topological polar surface area (TPSA) is 12.0 Å². The molecule has 0 bridgehead atoms. The van der Waals surface area contributed by atoms with Gasteiger partial charge in [0.1, 0.15) is 4.32 Å². The van der Waals surface area contributed by atoms with Gasteiger partial charge in [-0.3, -0.25) is 0 Å². The van der Waals surface area contributed by atoms with Gasteiger partial charge in [0.25, 0.3) is 0 Å². The van der Waals surface area contributed by atoms with Crippen LogP contribution in [-0.2, 0) is 0 Å². The molecule has 0 radical (unpaired) electrons. The van der Waals surface area contributed by atoms with E-state index >= 15 is 0 Å². The minimum absolute atomic E-state index is 0.469. The van der Waals surface area contributed by atoms with Crippen LogP contribution >= 0.6 is 24.0 Å². The summed E-state index contributed by atoms with van der Waals surface area (Å²) in [5.41, 5.74) is 0. The third-order valence-corrected chi connectivity index (χ3v) is 2.31. The summed E-state index contributed by atoms with van der Waals surface area (Å²) in [5.74, 6) is 1.12. The van der Waals surface area contributed by atoms with Crippen LogP contribution in [0, 0.1) is 0 Å². The third kappa shape index (κ3) is 6.36. The molecule has 0 aliphatic carbocycles. The van der Waals surface area contributed by atoms with Crippen LogP contribution in [0.25, 0.3) is 0 Å². The van der Waals surface area contributed by atoms with E-state index in [4.69, 9.17) is 12.2 Å². The highest BCUT2D eigenvalue weighted by atomic mass is 32.2. The lowest BCUT2D eigenvalue weighted by Gasteiger charge is -2.09. The standard InChI is InChI=1S/C7H15NS2/c1-4-5-10-7(9)8-6(2)3/h6H,4-5H2,1-3H3,(H,8,9). The van der Waals surface area contributed by atoms with Crippen LogP contribution in [0.4, 0.5) is 0 Å². The molecule has 3 heteroatoms. The van der Waals surface area contributed by atoms with Gasteiger partial charge in [0.15, 0.2) is 0 Å².